The van der Waals surface area contributed by atoms with Crippen molar-refractivity contribution in [1.82, 2.24) is 18.7 Å². The Bertz CT molecular complexity index is 695. The van der Waals surface area contributed by atoms with Crippen molar-refractivity contribution in [2.75, 3.05) is 5.33 Å². The molecule has 2 aromatic rings. The average Bonchev–Trinajstić information content (AvgIpc) is 2.62. The van der Waals surface area contributed by atoms with E-state index in [0.29, 0.717) is 17.6 Å². The first-order valence-electron chi connectivity index (χ1n) is 5.16. The summed E-state index contributed by atoms with van der Waals surface area (Å²) in [5.74, 6) is 0.787. The van der Waals surface area contributed by atoms with Crippen LogP contribution in [0.1, 0.15) is 5.82 Å². The summed E-state index contributed by atoms with van der Waals surface area (Å²) in [7, 11) is 4.88. The predicted octanol–water partition coefficient (Wildman–Crippen LogP) is -0.0919. The molecule has 0 aromatic carbocycles. The highest BCUT2D eigenvalue weighted by Crippen LogP contribution is 2.09. The van der Waals surface area contributed by atoms with E-state index in [9.17, 15) is 9.59 Å². The first kappa shape index (κ1) is 12.1. The monoisotopic (exact) mass is 300 g/mol. The van der Waals surface area contributed by atoms with Gasteiger partial charge in [0, 0.05) is 32.9 Å². The molecule has 0 atom stereocenters. The van der Waals surface area contributed by atoms with Gasteiger partial charge in [-0.05, 0) is 0 Å². The molecular formula is C10H13BrN4O2. The van der Waals surface area contributed by atoms with Crippen LogP contribution in [-0.4, -0.2) is 24.0 Å². The maximum atomic E-state index is 12.0. The average molecular weight is 301 g/mol. The Hall–Kier alpha value is -1.37. The van der Waals surface area contributed by atoms with Gasteiger partial charge in [0.25, 0.3) is 5.56 Å². The number of hydrogen-bond donors (Lipinski definition) is 0. The highest BCUT2D eigenvalue weighted by atomic mass is 79.9. The lowest BCUT2D eigenvalue weighted by molar-refractivity contribution is 0.705. The van der Waals surface area contributed by atoms with E-state index >= 15 is 0 Å². The minimum absolute atomic E-state index is 0.307. The van der Waals surface area contributed by atoms with Crippen LogP contribution in [0.3, 0.4) is 0 Å². The molecule has 7 heteroatoms. The van der Waals surface area contributed by atoms with Gasteiger partial charge in [-0.2, -0.15) is 0 Å². The standard InChI is InChI=1S/C10H13BrN4O2/c1-13-6(4-5-11)12-8-7(13)9(16)15(3)10(17)14(8)2/h4-5H2,1-3H3. The smallest absolute Gasteiger partial charge is 0.325 e. The van der Waals surface area contributed by atoms with Crippen LogP contribution in [-0.2, 0) is 27.6 Å². The van der Waals surface area contributed by atoms with Crippen molar-refractivity contribution in [2.45, 2.75) is 6.42 Å². The summed E-state index contributed by atoms with van der Waals surface area (Å²) in [5.41, 5.74) is 0.243. The van der Waals surface area contributed by atoms with Crippen molar-refractivity contribution in [3.63, 3.8) is 0 Å². The molecule has 0 saturated heterocycles. The zero-order valence-electron chi connectivity index (χ0n) is 9.90. The van der Waals surface area contributed by atoms with Crippen molar-refractivity contribution < 1.29 is 0 Å². The van der Waals surface area contributed by atoms with Gasteiger partial charge < -0.3 is 4.57 Å². The third-order valence-electron chi connectivity index (χ3n) is 2.89. The molecule has 0 aliphatic heterocycles. The lowest BCUT2D eigenvalue weighted by atomic mass is 10.4. The Morgan fingerprint density at radius 2 is 1.76 bits per heavy atom. The molecule has 0 N–H and O–H groups in total. The lowest BCUT2D eigenvalue weighted by Gasteiger charge is -2.03. The van der Waals surface area contributed by atoms with Crippen LogP contribution >= 0.6 is 15.9 Å². The van der Waals surface area contributed by atoms with Gasteiger partial charge >= 0.3 is 5.69 Å². The van der Waals surface area contributed by atoms with Crippen molar-refractivity contribution in [1.29, 1.82) is 0 Å². The maximum Gasteiger partial charge on any atom is 0.332 e. The number of aromatic nitrogens is 4. The number of hydrogen-bond acceptors (Lipinski definition) is 3. The summed E-state index contributed by atoms with van der Waals surface area (Å²) < 4.78 is 4.24. The second-order valence-corrected chi connectivity index (χ2v) is 4.70. The van der Waals surface area contributed by atoms with Gasteiger partial charge in [0.2, 0.25) is 0 Å². The predicted molar refractivity (Wildman–Crippen MR) is 68.7 cm³/mol. The number of rotatable bonds is 2. The fraction of sp³-hybridized carbons (Fsp3) is 0.500. The summed E-state index contributed by atoms with van der Waals surface area (Å²) in [5, 5.41) is 0.762. The molecule has 0 saturated carbocycles. The Labute approximate surface area is 106 Å². The van der Waals surface area contributed by atoms with Gasteiger partial charge in [0.05, 0.1) is 0 Å². The first-order valence-corrected chi connectivity index (χ1v) is 6.28. The number of aryl methyl sites for hydroxylation is 3. The molecule has 0 aliphatic rings. The molecular weight excluding hydrogens is 288 g/mol. The fourth-order valence-corrected chi connectivity index (χ4v) is 2.23. The summed E-state index contributed by atoms with van der Waals surface area (Å²) in [6.45, 7) is 0. The largest absolute Gasteiger partial charge is 0.332 e. The zero-order chi connectivity index (χ0) is 12.7. The van der Waals surface area contributed by atoms with Gasteiger partial charge in [-0.3, -0.25) is 13.9 Å². The third kappa shape index (κ3) is 1.65. The molecule has 6 nitrogen and oxygen atoms in total. The van der Waals surface area contributed by atoms with E-state index in [2.05, 4.69) is 20.9 Å². The van der Waals surface area contributed by atoms with Crippen LogP contribution in [0.15, 0.2) is 9.59 Å². The highest BCUT2D eigenvalue weighted by molar-refractivity contribution is 9.09. The van der Waals surface area contributed by atoms with Crippen molar-refractivity contribution >= 4 is 27.1 Å². The summed E-state index contributed by atoms with van der Waals surface area (Å²) in [6, 6.07) is 0. The SMILES string of the molecule is Cn1c(=O)c2c(nc(CCBr)n2C)n(C)c1=O. The highest BCUT2D eigenvalue weighted by Gasteiger charge is 2.16. The summed E-state index contributed by atoms with van der Waals surface area (Å²) >= 11 is 3.34. The molecule has 2 aromatic heterocycles. The molecule has 92 valence electrons. The van der Waals surface area contributed by atoms with E-state index in [-0.39, 0.29) is 11.2 Å². The van der Waals surface area contributed by atoms with E-state index in [1.54, 1.807) is 18.7 Å². The Balaban J connectivity index is 2.97. The van der Waals surface area contributed by atoms with E-state index < -0.39 is 0 Å². The first-order chi connectivity index (χ1) is 7.99. The molecule has 0 spiro atoms. The van der Waals surface area contributed by atoms with E-state index in [0.717, 1.165) is 15.7 Å². The number of fused-ring (bicyclic) bond motifs is 1. The summed E-state index contributed by atoms with van der Waals surface area (Å²) in [6.07, 6.45) is 0.711. The topological polar surface area (TPSA) is 61.8 Å². The molecule has 0 unspecified atom stereocenters. The second kappa shape index (κ2) is 4.14. The second-order valence-electron chi connectivity index (χ2n) is 3.90. The lowest BCUT2D eigenvalue weighted by Crippen LogP contribution is -2.37. The van der Waals surface area contributed by atoms with E-state index in [4.69, 9.17) is 0 Å². The summed E-state index contributed by atoms with van der Waals surface area (Å²) in [4.78, 5) is 28.1. The van der Waals surface area contributed by atoms with Gasteiger partial charge in [0.1, 0.15) is 5.82 Å². The fourth-order valence-electron chi connectivity index (χ4n) is 1.87. The molecule has 0 amide bonds. The molecule has 0 radical (unpaired) electrons. The molecule has 17 heavy (non-hydrogen) atoms. The van der Waals surface area contributed by atoms with Crippen molar-refractivity contribution in [3.05, 3.63) is 26.7 Å². The van der Waals surface area contributed by atoms with Crippen LogP contribution in [0.5, 0.6) is 0 Å². The number of halogens is 1. The zero-order valence-corrected chi connectivity index (χ0v) is 11.5. The number of alkyl halides is 1. The molecule has 0 aliphatic carbocycles. The van der Waals surface area contributed by atoms with Crippen LogP contribution < -0.4 is 11.2 Å². The van der Waals surface area contributed by atoms with Crippen molar-refractivity contribution in [3.8, 4) is 0 Å². The van der Waals surface area contributed by atoms with Crippen LogP contribution in [0.4, 0.5) is 0 Å². The number of nitrogens with zero attached hydrogens (tertiary/aromatic N) is 4. The van der Waals surface area contributed by atoms with Crippen molar-refractivity contribution in [2.24, 2.45) is 21.1 Å². The minimum atomic E-state index is -0.356. The van der Waals surface area contributed by atoms with E-state index in [1.807, 2.05) is 0 Å². The minimum Gasteiger partial charge on any atom is -0.325 e. The molecule has 2 rings (SSSR count). The van der Waals surface area contributed by atoms with Crippen LogP contribution in [0.2, 0.25) is 0 Å². The Morgan fingerprint density at radius 1 is 1.12 bits per heavy atom. The van der Waals surface area contributed by atoms with Crippen LogP contribution in [0.25, 0.3) is 11.2 Å². The molecule has 0 bridgehead atoms. The third-order valence-corrected chi connectivity index (χ3v) is 3.28. The Morgan fingerprint density at radius 3 is 2.35 bits per heavy atom. The van der Waals surface area contributed by atoms with Gasteiger partial charge in [0.15, 0.2) is 11.2 Å². The Kier molecular flexibility index (Phi) is 2.94. The van der Waals surface area contributed by atoms with E-state index in [1.165, 1.54) is 11.6 Å². The van der Waals surface area contributed by atoms with Gasteiger partial charge in [-0.1, -0.05) is 15.9 Å². The van der Waals surface area contributed by atoms with Gasteiger partial charge in [-0.25, -0.2) is 9.78 Å². The van der Waals surface area contributed by atoms with Gasteiger partial charge in [-0.15, -0.1) is 0 Å². The quantitative estimate of drug-likeness (QED) is 0.728. The maximum absolute atomic E-state index is 12.0. The van der Waals surface area contributed by atoms with Crippen LogP contribution in [0, 0.1) is 0 Å². The normalized spacial score (nSPS) is 11.3. The number of imidazole rings is 1. The molecule has 2 heterocycles. The molecule has 0 fully saturated rings.